The van der Waals surface area contributed by atoms with Crippen molar-refractivity contribution in [2.45, 2.75) is 6.54 Å². The summed E-state index contributed by atoms with van der Waals surface area (Å²) in [6, 6.07) is 10.8. The largest absolute Gasteiger partial charge is 0.294 e. The Labute approximate surface area is 113 Å². The summed E-state index contributed by atoms with van der Waals surface area (Å²) in [5.74, 6) is -1.86. The van der Waals surface area contributed by atoms with E-state index in [1.54, 1.807) is 24.3 Å². The molecule has 0 fully saturated rings. The average molecular weight is 272 g/mol. The number of fused-ring (bicyclic) bond motifs is 1. The highest BCUT2D eigenvalue weighted by Crippen LogP contribution is 2.12. The lowest BCUT2D eigenvalue weighted by atomic mass is 10.2. The van der Waals surface area contributed by atoms with Crippen LogP contribution in [0.15, 0.2) is 53.6 Å². The third-order valence-electron chi connectivity index (χ3n) is 3.10. The summed E-state index contributed by atoms with van der Waals surface area (Å²) in [6.07, 6.45) is 1.34. The Morgan fingerprint density at radius 1 is 1.05 bits per heavy atom. The second-order valence-electron chi connectivity index (χ2n) is 4.41. The van der Waals surface area contributed by atoms with Gasteiger partial charge in [-0.05, 0) is 18.2 Å². The minimum absolute atomic E-state index is 0.0553. The predicted octanol–water partition coefficient (Wildman–Crippen LogP) is 2.72. The minimum atomic E-state index is -0.937. The van der Waals surface area contributed by atoms with Crippen LogP contribution >= 0.6 is 0 Å². The first-order valence-corrected chi connectivity index (χ1v) is 6.04. The zero-order valence-electron chi connectivity index (χ0n) is 10.4. The molecule has 100 valence electrons. The van der Waals surface area contributed by atoms with Gasteiger partial charge in [-0.3, -0.25) is 9.36 Å². The van der Waals surface area contributed by atoms with Crippen LogP contribution in [0, 0.1) is 11.6 Å². The molecule has 0 aliphatic rings. The van der Waals surface area contributed by atoms with E-state index >= 15 is 0 Å². The van der Waals surface area contributed by atoms with Crippen LogP contribution in [0.4, 0.5) is 8.78 Å². The van der Waals surface area contributed by atoms with Crippen LogP contribution in [0.25, 0.3) is 10.9 Å². The van der Waals surface area contributed by atoms with E-state index in [1.165, 1.54) is 23.0 Å². The highest BCUT2D eigenvalue weighted by atomic mass is 19.2. The second kappa shape index (κ2) is 4.85. The van der Waals surface area contributed by atoms with Gasteiger partial charge < -0.3 is 0 Å². The van der Waals surface area contributed by atoms with Crippen LogP contribution < -0.4 is 5.56 Å². The predicted molar refractivity (Wildman–Crippen MR) is 71.5 cm³/mol. The van der Waals surface area contributed by atoms with Crippen molar-refractivity contribution in [1.29, 1.82) is 0 Å². The third-order valence-corrected chi connectivity index (χ3v) is 3.10. The standard InChI is InChI=1S/C15H10F2N2O/c16-12-6-3-4-10(14(12)17)8-19-9-18-13-7-2-1-5-11(13)15(19)20/h1-7,9H,8H2. The van der Waals surface area contributed by atoms with E-state index in [0.29, 0.717) is 10.9 Å². The number of aromatic nitrogens is 2. The highest BCUT2D eigenvalue weighted by Gasteiger charge is 2.10. The van der Waals surface area contributed by atoms with E-state index in [4.69, 9.17) is 0 Å². The molecule has 0 unspecified atom stereocenters. The van der Waals surface area contributed by atoms with Crippen LogP contribution in [0.2, 0.25) is 0 Å². The summed E-state index contributed by atoms with van der Waals surface area (Å²) < 4.78 is 28.0. The molecule has 3 aromatic rings. The monoisotopic (exact) mass is 272 g/mol. The molecular formula is C15H10F2N2O. The number of nitrogens with zero attached hydrogens (tertiary/aromatic N) is 2. The number of para-hydroxylation sites is 1. The van der Waals surface area contributed by atoms with Crippen molar-refractivity contribution >= 4 is 10.9 Å². The number of benzene rings is 2. The maximum absolute atomic E-state index is 13.6. The van der Waals surface area contributed by atoms with Crippen LogP contribution in [0.1, 0.15) is 5.56 Å². The smallest absolute Gasteiger partial charge is 0.261 e. The van der Waals surface area contributed by atoms with Crippen LogP contribution in [0.3, 0.4) is 0 Å². The minimum Gasteiger partial charge on any atom is -0.294 e. The lowest BCUT2D eigenvalue weighted by Crippen LogP contribution is -2.21. The van der Waals surface area contributed by atoms with Gasteiger partial charge in [-0.1, -0.05) is 24.3 Å². The van der Waals surface area contributed by atoms with Crippen LogP contribution in [-0.2, 0) is 6.54 Å². The maximum atomic E-state index is 13.6. The van der Waals surface area contributed by atoms with Gasteiger partial charge in [0, 0.05) is 5.56 Å². The van der Waals surface area contributed by atoms with Gasteiger partial charge in [0.1, 0.15) is 0 Å². The number of hydrogen-bond acceptors (Lipinski definition) is 2. The molecule has 0 aliphatic carbocycles. The topological polar surface area (TPSA) is 34.9 Å². The Balaban J connectivity index is 2.10. The van der Waals surface area contributed by atoms with Crippen molar-refractivity contribution in [2.75, 3.05) is 0 Å². The van der Waals surface area contributed by atoms with Gasteiger partial charge in [0.2, 0.25) is 0 Å². The molecule has 0 saturated carbocycles. The first kappa shape index (κ1) is 12.5. The normalized spacial score (nSPS) is 10.9. The molecule has 3 rings (SSSR count). The zero-order valence-corrected chi connectivity index (χ0v) is 10.4. The zero-order chi connectivity index (χ0) is 14.1. The molecule has 2 aromatic carbocycles. The molecule has 3 nitrogen and oxygen atoms in total. The molecule has 20 heavy (non-hydrogen) atoms. The Morgan fingerprint density at radius 2 is 1.85 bits per heavy atom. The Bertz CT molecular complexity index is 843. The van der Waals surface area contributed by atoms with E-state index in [-0.39, 0.29) is 17.7 Å². The molecule has 0 saturated heterocycles. The van der Waals surface area contributed by atoms with Gasteiger partial charge in [-0.25, -0.2) is 13.8 Å². The van der Waals surface area contributed by atoms with Crippen molar-refractivity contribution in [3.8, 4) is 0 Å². The first-order valence-electron chi connectivity index (χ1n) is 6.04. The van der Waals surface area contributed by atoms with Crippen LogP contribution in [-0.4, -0.2) is 9.55 Å². The fourth-order valence-electron chi connectivity index (χ4n) is 2.07. The number of halogens is 2. The maximum Gasteiger partial charge on any atom is 0.261 e. The van der Waals surface area contributed by atoms with E-state index in [1.807, 2.05) is 0 Å². The van der Waals surface area contributed by atoms with E-state index < -0.39 is 11.6 Å². The number of rotatable bonds is 2. The van der Waals surface area contributed by atoms with Crippen molar-refractivity contribution in [3.63, 3.8) is 0 Å². The van der Waals surface area contributed by atoms with Crippen molar-refractivity contribution in [3.05, 3.63) is 76.3 Å². The Morgan fingerprint density at radius 3 is 2.70 bits per heavy atom. The molecule has 0 spiro atoms. The van der Waals surface area contributed by atoms with E-state index in [2.05, 4.69) is 4.98 Å². The molecule has 5 heteroatoms. The van der Waals surface area contributed by atoms with Gasteiger partial charge in [-0.15, -0.1) is 0 Å². The van der Waals surface area contributed by atoms with Gasteiger partial charge >= 0.3 is 0 Å². The molecule has 0 atom stereocenters. The van der Waals surface area contributed by atoms with E-state index in [0.717, 1.165) is 6.07 Å². The van der Waals surface area contributed by atoms with Gasteiger partial charge in [-0.2, -0.15) is 0 Å². The molecule has 0 aliphatic heterocycles. The summed E-state index contributed by atoms with van der Waals surface area (Å²) in [6.45, 7) is -0.0553. The Hall–Kier alpha value is -2.56. The van der Waals surface area contributed by atoms with Crippen LogP contribution in [0.5, 0.6) is 0 Å². The van der Waals surface area contributed by atoms with E-state index in [9.17, 15) is 13.6 Å². The first-order chi connectivity index (χ1) is 9.66. The van der Waals surface area contributed by atoms with Gasteiger partial charge in [0.15, 0.2) is 11.6 Å². The number of hydrogen-bond donors (Lipinski definition) is 0. The fourth-order valence-corrected chi connectivity index (χ4v) is 2.07. The Kier molecular flexibility index (Phi) is 3.02. The highest BCUT2D eigenvalue weighted by molar-refractivity contribution is 5.76. The van der Waals surface area contributed by atoms with Gasteiger partial charge in [0.25, 0.3) is 5.56 Å². The second-order valence-corrected chi connectivity index (χ2v) is 4.41. The average Bonchev–Trinajstić information content (AvgIpc) is 2.47. The molecule has 0 radical (unpaired) electrons. The summed E-state index contributed by atoms with van der Waals surface area (Å²) in [7, 11) is 0. The van der Waals surface area contributed by atoms with Crippen molar-refractivity contribution in [2.24, 2.45) is 0 Å². The lowest BCUT2D eigenvalue weighted by molar-refractivity contribution is 0.494. The molecule has 0 amide bonds. The molecule has 0 N–H and O–H groups in total. The molecule has 1 heterocycles. The SMILES string of the molecule is O=c1c2ccccc2ncn1Cc1cccc(F)c1F. The van der Waals surface area contributed by atoms with Crippen molar-refractivity contribution < 1.29 is 8.78 Å². The fraction of sp³-hybridized carbons (Fsp3) is 0.0667. The van der Waals surface area contributed by atoms with Crippen molar-refractivity contribution in [1.82, 2.24) is 9.55 Å². The molecular weight excluding hydrogens is 262 g/mol. The summed E-state index contributed by atoms with van der Waals surface area (Å²) in [5.41, 5.74) is 0.414. The summed E-state index contributed by atoms with van der Waals surface area (Å²) in [5, 5.41) is 0.451. The molecule has 0 bridgehead atoms. The van der Waals surface area contributed by atoms with Gasteiger partial charge in [0.05, 0.1) is 23.8 Å². The lowest BCUT2D eigenvalue weighted by Gasteiger charge is -2.08. The quantitative estimate of drug-likeness (QED) is 0.719. The summed E-state index contributed by atoms with van der Waals surface area (Å²) in [4.78, 5) is 16.4. The third kappa shape index (κ3) is 2.07. The molecule has 1 aromatic heterocycles. The summed E-state index contributed by atoms with van der Waals surface area (Å²) >= 11 is 0.